The SMILES string of the molecule is CCCc1nc(CCN)c(Cc2ccc(-c3ccccc3-c3nnnn3C(c3ccccc3)(c3ccccc3)c3ccccc3)cc2)[nH]1. The summed E-state index contributed by atoms with van der Waals surface area (Å²) in [5, 5.41) is 13.8. The summed E-state index contributed by atoms with van der Waals surface area (Å²) in [4.78, 5) is 8.39. The number of aromatic nitrogens is 6. The fraction of sp³-hybridized carbons (Fsp3) is 0.171. The maximum Gasteiger partial charge on any atom is 0.184 e. The van der Waals surface area contributed by atoms with Gasteiger partial charge in [0.1, 0.15) is 11.4 Å². The summed E-state index contributed by atoms with van der Waals surface area (Å²) in [5.74, 6) is 1.72. The first-order valence-electron chi connectivity index (χ1n) is 16.6. The van der Waals surface area contributed by atoms with Crippen LogP contribution in [0.25, 0.3) is 22.5 Å². The monoisotopic (exact) mass is 629 g/mol. The standard InChI is InChI=1S/C41H39N7/c1-2-14-39-43-37(27-28-42)38(44-39)29-30-23-25-31(26-24-30)35-21-12-13-22-36(35)40-45-46-47-48(40)41(32-15-6-3-7-16-32,33-17-8-4-9-18-33)34-19-10-5-11-20-34/h3-13,15-26H,2,14,27-29,42H2,1H3,(H,43,44). The second-order valence-electron chi connectivity index (χ2n) is 12.0. The average molecular weight is 630 g/mol. The Morgan fingerprint density at radius 1 is 0.667 bits per heavy atom. The van der Waals surface area contributed by atoms with Crippen LogP contribution in [0, 0.1) is 0 Å². The van der Waals surface area contributed by atoms with Crippen LogP contribution in [0.2, 0.25) is 0 Å². The molecule has 0 unspecified atom stereocenters. The van der Waals surface area contributed by atoms with Gasteiger partial charge in [0.2, 0.25) is 0 Å². The van der Waals surface area contributed by atoms with Crippen molar-refractivity contribution in [2.75, 3.05) is 6.54 Å². The van der Waals surface area contributed by atoms with Crippen LogP contribution < -0.4 is 5.73 Å². The lowest BCUT2D eigenvalue weighted by molar-refractivity contribution is 0.451. The number of aromatic amines is 1. The smallest absolute Gasteiger partial charge is 0.184 e. The van der Waals surface area contributed by atoms with Gasteiger partial charge in [-0.05, 0) is 56.8 Å². The lowest BCUT2D eigenvalue weighted by Crippen LogP contribution is -2.39. The van der Waals surface area contributed by atoms with Crippen LogP contribution >= 0.6 is 0 Å². The Morgan fingerprint density at radius 2 is 1.23 bits per heavy atom. The molecule has 0 spiro atoms. The Kier molecular flexibility index (Phi) is 9.03. The maximum absolute atomic E-state index is 5.91. The van der Waals surface area contributed by atoms with Crippen LogP contribution in [0.4, 0.5) is 0 Å². The van der Waals surface area contributed by atoms with Crippen molar-refractivity contribution >= 4 is 0 Å². The van der Waals surface area contributed by atoms with Crippen molar-refractivity contribution < 1.29 is 0 Å². The van der Waals surface area contributed by atoms with E-state index in [0.29, 0.717) is 12.4 Å². The van der Waals surface area contributed by atoms with Crippen LogP contribution in [-0.2, 0) is 24.8 Å². The summed E-state index contributed by atoms with van der Waals surface area (Å²) in [5.41, 5.74) is 14.8. The molecule has 0 radical (unpaired) electrons. The van der Waals surface area contributed by atoms with E-state index in [1.807, 2.05) is 28.9 Å². The predicted octanol–water partition coefficient (Wildman–Crippen LogP) is 7.61. The number of rotatable bonds is 12. The van der Waals surface area contributed by atoms with Crippen molar-refractivity contribution in [1.82, 2.24) is 30.2 Å². The Morgan fingerprint density at radius 3 is 1.79 bits per heavy atom. The fourth-order valence-electron chi connectivity index (χ4n) is 6.77. The third kappa shape index (κ3) is 5.85. The van der Waals surface area contributed by atoms with Crippen molar-refractivity contribution in [1.29, 1.82) is 0 Å². The van der Waals surface area contributed by atoms with Gasteiger partial charge in [0.15, 0.2) is 5.82 Å². The molecule has 0 amide bonds. The highest BCUT2D eigenvalue weighted by molar-refractivity contribution is 5.81. The molecule has 5 aromatic carbocycles. The second kappa shape index (κ2) is 14.0. The number of nitrogens with zero attached hydrogens (tertiary/aromatic N) is 5. The lowest BCUT2D eigenvalue weighted by atomic mass is 9.77. The Balaban J connectivity index is 1.33. The number of nitrogens with two attached hydrogens (primary N) is 1. The van der Waals surface area contributed by atoms with E-state index in [0.717, 1.165) is 76.3 Å². The summed E-state index contributed by atoms with van der Waals surface area (Å²) in [6.07, 6.45) is 3.54. The van der Waals surface area contributed by atoms with E-state index in [1.165, 1.54) is 5.56 Å². The van der Waals surface area contributed by atoms with Crippen molar-refractivity contribution in [3.8, 4) is 22.5 Å². The van der Waals surface area contributed by atoms with Crippen molar-refractivity contribution in [2.45, 2.75) is 38.1 Å². The first-order chi connectivity index (χ1) is 23.7. The zero-order valence-electron chi connectivity index (χ0n) is 27.1. The predicted molar refractivity (Wildman–Crippen MR) is 191 cm³/mol. The van der Waals surface area contributed by atoms with E-state index in [-0.39, 0.29) is 0 Å². The van der Waals surface area contributed by atoms with Crippen LogP contribution in [-0.4, -0.2) is 36.7 Å². The van der Waals surface area contributed by atoms with Crippen LogP contribution in [0.3, 0.4) is 0 Å². The molecule has 48 heavy (non-hydrogen) atoms. The van der Waals surface area contributed by atoms with Crippen molar-refractivity contribution in [2.24, 2.45) is 5.73 Å². The molecular formula is C41H39N7. The minimum absolute atomic E-state index is 0.582. The summed E-state index contributed by atoms with van der Waals surface area (Å²) in [6.45, 7) is 2.75. The normalized spacial score (nSPS) is 11.5. The number of aryl methyl sites for hydroxylation is 1. The van der Waals surface area contributed by atoms with Gasteiger partial charge in [-0.1, -0.05) is 146 Å². The molecule has 0 saturated carbocycles. The first kappa shape index (κ1) is 31.0. The molecule has 2 aromatic heterocycles. The third-order valence-corrected chi connectivity index (χ3v) is 8.96. The van der Waals surface area contributed by atoms with E-state index >= 15 is 0 Å². The second-order valence-corrected chi connectivity index (χ2v) is 12.0. The number of hydrogen-bond acceptors (Lipinski definition) is 5. The number of benzene rings is 5. The highest BCUT2D eigenvalue weighted by Gasteiger charge is 2.42. The van der Waals surface area contributed by atoms with Gasteiger partial charge in [0, 0.05) is 30.5 Å². The van der Waals surface area contributed by atoms with Gasteiger partial charge in [0.25, 0.3) is 0 Å². The number of imidazole rings is 1. The van der Waals surface area contributed by atoms with E-state index in [4.69, 9.17) is 21.0 Å². The molecule has 2 heterocycles. The topological polar surface area (TPSA) is 98.3 Å². The van der Waals surface area contributed by atoms with Crippen molar-refractivity contribution in [3.05, 3.63) is 179 Å². The minimum Gasteiger partial charge on any atom is -0.345 e. The van der Waals surface area contributed by atoms with Crippen LogP contribution in [0.5, 0.6) is 0 Å². The van der Waals surface area contributed by atoms with Gasteiger partial charge in [-0.25, -0.2) is 9.67 Å². The molecule has 0 atom stereocenters. The summed E-state index contributed by atoms with van der Waals surface area (Å²) < 4.78 is 1.99. The van der Waals surface area contributed by atoms with Gasteiger partial charge in [-0.2, -0.15) is 0 Å². The van der Waals surface area contributed by atoms with Crippen molar-refractivity contribution in [3.63, 3.8) is 0 Å². The first-order valence-corrected chi connectivity index (χ1v) is 16.6. The Bertz CT molecular complexity index is 1970. The summed E-state index contributed by atoms with van der Waals surface area (Å²) in [7, 11) is 0. The zero-order valence-corrected chi connectivity index (χ0v) is 27.1. The average Bonchev–Trinajstić information content (AvgIpc) is 3.78. The van der Waals surface area contributed by atoms with Gasteiger partial charge in [-0.3, -0.25) is 0 Å². The van der Waals surface area contributed by atoms with Gasteiger partial charge >= 0.3 is 0 Å². The number of hydrogen-bond donors (Lipinski definition) is 2. The minimum atomic E-state index is -0.832. The molecule has 0 bridgehead atoms. The van der Waals surface area contributed by atoms with Crippen LogP contribution in [0.15, 0.2) is 140 Å². The Hall–Kier alpha value is -5.66. The quantitative estimate of drug-likeness (QED) is 0.136. The number of H-pyrrole nitrogens is 1. The summed E-state index contributed by atoms with van der Waals surface area (Å²) >= 11 is 0. The molecular weight excluding hydrogens is 591 g/mol. The zero-order chi connectivity index (χ0) is 32.8. The van der Waals surface area contributed by atoms with Gasteiger partial charge in [0.05, 0.1) is 5.69 Å². The van der Waals surface area contributed by atoms with Gasteiger partial charge in [-0.15, -0.1) is 5.10 Å². The van der Waals surface area contributed by atoms with Crippen LogP contribution in [0.1, 0.15) is 52.8 Å². The largest absolute Gasteiger partial charge is 0.345 e. The van der Waals surface area contributed by atoms with E-state index in [2.05, 4.69) is 132 Å². The van der Waals surface area contributed by atoms with E-state index < -0.39 is 5.54 Å². The van der Waals surface area contributed by atoms with E-state index in [1.54, 1.807) is 0 Å². The molecule has 7 nitrogen and oxygen atoms in total. The molecule has 238 valence electrons. The highest BCUT2D eigenvalue weighted by atomic mass is 15.6. The van der Waals surface area contributed by atoms with Gasteiger partial charge < -0.3 is 10.7 Å². The number of tetrazole rings is 1. The molecule has 7 heteroatoms. The Labute approximate surface area is 281 Å². The molecule has 0 saturated heterocycles. The lowest BCUT2D eigenvalue weighted by Gasteiger charge is -2.36. The molecule has 3 N–H and O–H groups in total. The molecule has 0 aliphatic carbocycles. The molecule has 7 rings (SSSR count). The highest BCUT2D eigenvalue weighted by Crippen LogP contribution is 2.43. The number of nitrogens with one attached hydrogen (secondary N) is 1. The summed E-state index contributed by atoms with van der Waals surface area (Å²) in [6, 6.07) is 48.6. The maximum atomic E-state index is 5.91. The molecule has 7 aromatic rings. The molecule has 0 fully saturated rings. The fourth-order valence-corrected chi connectivity index (χ4v) is 6.77. The molecule has 0 aliphatic heterocycles. The third-order valence-electron chi connectivity index (χ3n) is 8.96. The van der Waals surface area contributed by atoms with E-state index in [9.17, 15) is 0 Å². The molecule has 0 aliphatic rings.